The van der Waals surface area contributed by atoms with Gasteiger partial charge >= 0.3 is 6.09 Å². The lowest BCUT2D eigenvalue weighted by Gasteiger charge is -2.29. The number of benzene rings is 1. The van der Waals surface area contributed by atoms with E-state index >= 15 is 0 Å². The average Bonchev–Trinajstić information content (AvgIpc) is 2.60. The van der Waals surface area contributed by atoms with E-state index in [1.807, 2.05) is 20.8 Å². The maximum absolute atomic E-state index is 12.5. The first-order valence-corrected chi connectivity index (χ1v) is 12.4. The number of hydrogen-bond acceptors (Lipinski definition) is 4. The summed E-state index contributed by atoms with van der Waals surface area (Å²) >= 11 is 6.68. The van der Waals surface area contributed by atoms with Crippen LogP contribution in [0.5, 0.6) is 0 Å². The van der Waals surface area contributed by atoms with Gasteiger partial charge in [0.15, 0.2) is 0 Å². The molecule has 0 radical (unpaired) electrons. The van der Waals surface area contributed by atoms with E-state index in [0.29, 0.717) is 29.4 Å². The van der Waals surface area contributed by atoms with E-state index in [9.17, 15) is 13.2 Å². The summed E-state index contributed by atoms with van der Waals surface area (Å²) in [5.74, 6) is 0.717. The fourth-order valence-corrected chi connectivity index (χ4v) is 5.06. The Bertz CT molecular complexity index is 786. The average molecular weight is 540 g/mol. The lowest BCUT2D eigenvalue weighted by Crippen LogP contribution is -2.37. The van der Waals surface area contributed by atoms with E-state index in [1.165, 1.54) is 0 Å². The maximum atomic E-state index is 12.5. The van der Waals surface area contributed by atoms with Crippen molar-refractivity contribution in [1.82, 2.24) is 10.0 Å². The van der Waals surface area contributed by atoms with Gasteiger partial charge in [-0.05, 0) is 108 Å². The van der Waals surface area contributed by atoms with E-state index in [1.54, 1.807) is 18.2 Å². The first-order chi connectivity index (χ1) is 13.0. The molecular weight excluding hydrogens is 512 g/mol. The molecule has 1 aliphatic rings. The van der Waals surface area contributed by atoms with Gasteiger partial charge in [0.2, 0.25) is 10.0 Å². The maximum Gasteiger partial charge on any atom is 0.407 e. The van der Waals surface area contributed by atoms with Crippen LogP contribution in [0.1, 0.15) is 46.5 Å². The van der Waals surface area contributed by atoms with E-state index in [2.05, 4.69) is 41.9 Å². The predicted molar refractivity (Wildman–Crippen MR) is 117 cm³/mol. The number of carbonyl (C=O) groups excluding carboxylic acids is 1. The molecule has 1 saturated carbocycles. The van der Waals surface area contributed by atoms with Crippen LogP contribution >= 0.6 is 31.9 Å². The summed E-state index contributed by atoms with van der Waals surface area (Å²) < 4.78 is 34.5. The van der Waals surface area contributed by atoms with Gasteiger partial charge in [0, 0.05) is 22.0 Å². The summed E-state index contributed by atoms with van der Waals surface area (Å²) in [6.45, 7) is 6.55. The number of halogens is 2. The molecule has 0 heterocycles. The highest BCUT2D eigenvalue weighted by molar-refractivity contribution is 9.13. The molecule has 28 heavy (non-hydrogen) atoms. The minimum Gasteiger partial charge on any atom is -0.444 e. The molecule has 1 fully saturated rings. The van der Waals surface area contributed by atoms with E-state index in [0.717, 1.165) is 30.2 Å². The van der Waals surface area contributed by atoms with Gasteiger partial charge in [-0.2, -0.15) is 0 Å². The largest absolute Gasteiger partial charge is 0.444 e. The second-order valence-electron chi connectivity index (χ2n) is 8.20. The fraction of sp³-hybridized carbons (Fsp3) is 0.632. The van der Waals surface area contributed by atoms with Crippen LogP contribution in [0, 0.1) is 11.8 Å². The Hall–Kier alpha value is -0.640. The van der Waals surface area contributed by atoms with Crippen molar-refractivity contribution in [3.63, 3.8) is 0 Å². The Balaban J connectivity index is 1.75. The summed E-state index contributed by atoms with van der Waals surface area (Å²) in [6, 6.07) is 4.88. The molecule has 9 heteroatoms. The van der Waals surface area contributed by atoms with Gasteiger partial charge in [-0.25, -0.2) is 17.9 Å². The Morgan fingerprint density at radius 3 is 2.18 bits per heavy atom. The van der Waals surface area contributed by atoms with Crippen LogP contribution in [0.25, 0.3) is 0 Å². The summed E-state index contributed by atoms with van der Waals surface area (Å²) in [5, 5.41) is 2.83. The number of hydrogen-bond donors (Lipinski definition) is 2. The van der Waals surface area contributed by atoms with Crippen LogP contribution in [-0.2, 0) is 14.8 Å². The van der Waals surface area contributed by atoms with Gasteiger partial charge in [0.05, 0.1) is 4.90 Å². The van der Waals surface area contributed by atoms with Crippen LogP contribution in [0.15, 0.2) is 32.0 Å². The Morgan fingerprint density at radius 1 is 1.07 bits per heavy atom. The van der Waals surface area contributed by atoms with Crippen LogP contribution in [0.3, 0.4) is 0 Å². The van der Waals surface area contributed by atoms with Crippen LogP contribution < -0.4 is 10.0 Å². The third-order valence-electron chi connectivity index (χ3n) is 4.66. The van der Waals surface area contributed by atoms with Crippen molar-refractivity contribution >= 4 is 48.0 Å². The zero-order valence-corrected chi connectivity index (χ0v) is 20.4. The highest BCUT2D eigenvalue weighted by atomic mass is 79.9. The molecule has 0 unspecified atom stereocenters. The number of amides is 1. The Morgan fingerprint density at radius 2 is 1.64 bits per heavy atom. The molecule has 0 saturated heterocycles. The molecule has 0 atom stereocenters. The van der Waals surface area contributed by atoms with Crippen LogP contribution in [0.4, 0.5) is 4.79 Å². The summed E-state index contributed by atoms with van der Waals surface area (Å²) in [7, 11) is -3.53. The van der Waals surface area contributed by atoms with Gasteiger partial charge in [0.25, 0.3) is 0 Å². The van der Waals surface area contributed by atoms with Crippen molar-refractivity contribution in [2.45, 2.75) is 57.0 Å². The van der Waals surface area contributed by atoms with Crippen molar-refractivity contribution in [2.75, 3.05) is 13.1 Å². The standard InChI is InChI=1S/C19H28Br2N2O4S/c1-19(2,3)27-18(24)22-11-13-4-6-14(7-5-13)12-23-28(25,26)15-8-9-16(20)17(21)10-15/h8-10,13-14,23H,4-7,11-12H2,1-3H3,(H,22,24)/t13-,14-. The Kier molecular flexibility index (Phi) is 8.37. The van der Waals surface area contributed by atoms with Crippen LogP contribution in [-0.4, -0.2) is 33.2 Å². The van der Waals surface area contributed by atoms with E-state index in [-0.39, 0.29) is 11.0 Å². The molecule has 1 aliphatic carbocycles. The monoisotopic (exact) mass is 538 g/mol. The molecule has 2 rings (SSSR count). The molecular formula is C19H28Br2N2O4S. The minimum atomic E-state index is -3.53. The van der Waals surface area contributed by atoms with Crippen molar-refractivity contribution in [1.29, 1.82) is 0 Å². The smallest absolute Gasteiger partial charge is 0.407 e. The summed E-state index contributed by atoms with van der Waals surface area (Å²) in [4.78, 5) is 12.0. The molecule has 0 spiro atoms. The predicted octanol–water partition coefficient (Wildman–Crippen LogP) is 4.82. The second-order valence-corrected chi connectivity index (χ2v) is 11.7. The zero-order valence-electron chi connectivity index (χ0n) is 16.4. The van der Waals surface area contributed by atoms with Crippen LogP contribution in [0.2, 0.25) is 0 Å². The van der Waals surface area contributed by atoms with Gasteiger partial charge in [-0.15, -0.1) is 0 Å². The molecule has 6 nitrogen and oxygen atoms in total. The fourth-order valence-electron chi connectivity index (χ4n) is 3.14. The topological polar surface area (TPSA) is 84.5 Å². The third kappa shape index (κ3) is 7.65. The number of sulfonamides is 1. The summed E-state index contributed by atoms with van der Waals surface area (Å²) in [5.41, 5.74) is -0.497. The van der Waals surface area contributed by atoms with Crippen molar-refractivity contribution in [3.05, 3.63) is 27.1 Å². The second kappa shape index (κ2) is 9.91. The molecule has 0 bridgehead atoms. The van der Waals surface area contributed by atoms with E-state index < -0.39 is 15.6 Å². The number of carbonyl (C=O) groups is 1. The lowest BCUT2D eigenvalue weighted by molar-refractivity contribution is 0.0513. The quantitative estimate of drug-likeness (QED) is 0.542. The number of rotatable bonds is 6. The van der Waals surface area contributed by atoms with Gasteiger partial charge < -0.3 is 10.1 Å². The normalized spacial score (nSPS) is 20.6. The molecule has 1 aromatic carbocycles. The number of ether oxygens (including phenoxy) is 1. The number of nitrogens with one attached hydrogen (secondary N) is 2. The van der Waals surface area contributed by atoms with Gasteiger partial charge in [-0.1, -0.05) is 0 Å². The third-order valence-corrected chi connectivity index (χ3v) is 7.96. The van der Waals surface area contributed by atoms with E-state index in [4.69, 9.17) is 4.74 Å². The molecule has 1 aromatic rings. The summed E-state index contributed by atoms with van der Waals surface area (Å²) in [6.07, 6.45) is 3.42. The van der Waals surface area contributed by atoms with Crippen molar-refractivity contribution < 1.29 is 17.9 Å². The first kappa shape index (κ1) is 23.6. The Labute approximate surface area is 184 Å². The SMILES string of the molecule is CC(C)(C)OC(=O)NC[C@H]1CC[C@H](CNS(=O)(=O)c2ccc(Br)c(Br)c2)CC1. The lowest BCUT2D eigenvalue weighted by atomic mass is 9.82. The molecule has 2 N–H and O–H groups in total. The highest BCUT2D eigenvalue weighted by Gasteiger charge is 2.24. The number of alkyl carbamates (subject to hydrolysis) is 1. The van der Waals surface area contributed by atoms with Crippen molar-refractivity contribution in [2.24, 2.45) is 11.8 Å². The minimum absolute atomic E-state index is 0.248. The van der Waals surface area contributed by atoms with Gasteiger partial charge in [-0.3, -0.25) is 0 Å². The molecule has 1 amide bonds. The van der Waals surface area contributed by atoms with Gasteiger partial charge in [0.1, 0.15) is 5.60 Å². The highest BCUT2D eigenvalue weighted by Crippen LogP contribution is 2.29. The molecule has 158 valence electrons. The van der Waals surface area contributed by atoms with Crippen molar-refractivity contribution in [3.8, 4) is 0 Å². The molecule has 0 aromatic heterocycles. The zero-order chi connectivity index (χ0) is 20.9. The first-order valence-electron chi connectivity index (χ1n) is 9.38. The molecule has 0 aliphatic heterocycles.